The molecular formula is C21H14N2O4S2. The molecule has 4 rings (SSSR count). The van der Waals surface area contributed by atoms with Gasteiger partial charge >= 0.3 is 0 Å². The quantitative estimate of drug-likeness (QED) is 0.392. The van der Waals surface area contributed by atoms with Gasteiger partial charge in [0.25, 0.3) is 5.91 Å². The van der Waals surface area contributed by atoms with Crippen molar-refractivity contribution in [2.45, 2.75) is 0 Å². The Morgan fingerprint density at radius 2 is 1.90 bits per heavy atom. The van der Waals surface area contributed by atoms with Crippen LogP contribution in [-0.4, -0.2) is 29.4 Å². The molecule has 8 heteroatoms. The monoisotopic (exact) mass is 422 g/mol. The molecule has 1 aliphatic heterocycles. The fourth-order valence-corrected chi connectivity index (χ4v) is 3.74. The van der Waals surface area contributed by atoms with Crippen molar-refractivity contribution in [1.82, 2.24) is 10.3 Å². The predicted octanol–water partition coefficient (Wildman–Crippen LogP) is 3.73. The Bertz CT molecular complexity index is 1210. The molecule has 1 saturated heterocycles. The van der Waals surface area contributed by atoms with Crippen LogP contribution in [0.5, 0.6) is 11.5 Å². The van der Waals surface area contributed by atoms with Crippen LogP contribution in [0, 0.1) is 11.8 Å². The molecule has 0 unspecified atom stereocenters. The first kappa shape index (κ1) is 19.1. The number of carbonyl (C=O) groups excluding carboxylic acids is 1. The second kappa shape index (κ2) is 7.99. The Hall–Kier alpha value is -3.28. The van der Waals surface area contributed by atoms with E-state index in [0.717, 1.165) is 10.9 Å². The molecule has 0 radical (unpaired) electrons. The summed E-state index contributed by atoms with van der Waals surface area (Å²) < 4.78 is 16.9. The normalized spacial score (nSPS) is 14.6. The van der Waals surface area contributed by atoms with E-state index in [-0.39, 0.29) is 5.91 Å². The maximum atomic E-state index is 11.9. The lowest BCUT2D eigenvalue weighted by Crippen LogP contribution is -2.17. The van der Waals surface area contributed by atoms with Gasteiger partial charge in [-0.2, -0.15) is 0 Å². The van der Waals surface area contributed by atoms with Crippen LogP contribution >= 0.6 is 24.0 Å². The lowest BCUT2D eigenvalue weighted by molar-refractivity contribution is -0.115. The summed E-state index contributed by atoms with van der Waals surface area (Å²) in [4.78, 5) is 16.6. The second-order valence-corrected chi connectivity index (χ2v) is 7.68. The lowest BCUT2D eigenvalue weighted by Gasteiger charge is -2.04. The lowest BCUT2D eigenvalue weighted by atomic mass is 10.1. The number of hydrogen-bond donors (Lipinski definition) is 1. The average Bonchev–Trinajstić information content (AvgIpc) is 3.28. The number of rotatable bonds is 3. The maximum absolute atomic E-state index is 11.9. The van der Waals surface area contributed by atoms with E-state index in [1.807, 2.05) is 18.2 Å². The number of methoxy groups -OCH3 is 2. The molecule has 0 atom stereocenters. The van der Waals surface area contributed by atoms with Gasteiger partial charge in [0.05, 0.1) is 24.7 Å². The van der Waals surface area contributed by atoms with Crippen LogP contribution in [0.2, 0.25) is 0 Å². The Morgan fingerprint density at radius 3 is 2.55 bits per heavy atom. The van der Waals surface area contributed by atoms with Crippen LogP contribution in [0.1, 0.15) is 16.9 Å². The topological polar surface area (TPSA) is 73.6 Å². The third-order valence-corrected chi connectivity index (χ3v) is 5.21. The van der Waals surface area contributed by atoms with Crippen LogP contribution in [0.25, 0.3) is 17.0 Å². The van der Waals surface area contributed by atoms with Gasteiger partial charge in [0, 0.05) is 35.5 Å². The number of ether oxygens (including phenoxy) is 2. The molecule has 3 heterocycles. The van der Waals surface area contributed by atoms with E-state index in [0.29, 0.717) is 37.6 Å². The number of furan rings is 1. The van der Waals surface area contributed by atoms with E-state index in [1.54, 1.807) is 38.8 Å². The third-order valence-electron chi connectivity index (χ3n) is 4.05. The van der Waals surface area contributed by atoms with Gasteiger partial charge in [-0.3, -0.25) is 9.78 Å². The van der Waals surface area contributed by atoms with Gasteiger partial charge in [-0.05, 0) is 18.2 Å². The van der Waals surface area contributed by atoms with Gasteiger partial charge in [0.15, 0.2) is 5.58 Å². The zero-order valence-electron chi connectivity index (χ0n) is 15.4. The van der Waals surface area contributed by atoms with E-state index in [4.69, 9.17) is 26.1 Å². The molecule has 0 bridgehead atoms. The van der Waals surface area contributed by atoms with Crippen molar-refractivity contribution in [2.24, 2.45) is 0 Å². The number of carbonyl (C=O) groups is 1. The van der Waals surface area contributed by atoms with Crippen molar-refractivity contribution in [2.75, 3.05) is 14.2 Å². The molecule has 144 valence electrons. The van der Waals surface area contributed by atoms with Gasteiger partial charge in [-0.25, -0.2) is 0 Å². The number of aromatic nitrogens is 1. The van der Waals surface area contributed by atoms with Crippen LogP contribution in [-0.2, 0) is 4.79 Å². The summed E-state index contributed by atoms with van der Waals surface area (Å²) in [6.45, 7) is 0. The zero-order valence-corrected chi connectivity index (χ0v) is 17.1. The first-order valence-corrected chi connectivity index (χ1v) is 9.65. The molecule has 29 heavy (non-hydrogen) atoms. The molecule has 1 N–H and O–H groups in total. The van der Waals surface area contributed by atoms with Gasteiger partial charge in [-0.1, -0.05) is 35.8 Å². The minimum absolute atomic E-state index is 0.231. The number of fused-ring (bicyclic) bond motifs is 1. The second-order valence-electron chi connectivity index (χ2n) is 5.96. The van der Waals surface area contributed by atoms with Crippen molar-refractivity contribution in [3.05, 3.63) is 58.5 Å². The summed E-state index contributed by atoms with van der Waals surface area (Å²) in [5.41, 5.74) is 1.97. The number of hydrogen-bond acceptors (Lipinski definition) is 7. The smallest absolute Gasteiger partial charge is 0.263 e. The van der Waals surface area contributed by atoms with Crippen molar-refractivity contribution in [3.63, 3.8) is 0 Å². The summed E-state index contributed by atoms with van der Waals surface area (Å²) in [5.74, 6) is 7.78. The predicted molar refractivity (Wildman–Crippen MR) is 116 cm³/mol. The zero-order chi connectivity index (χ0) is 20.4. The van der Waals surface area contributed by atoms with Gasteiger partial charge in [0.2, 0.25) is 0 Å². The molecule has 3 aromatic rings. The molecule has 1 aliphatic rings. The van der Waals surface area contributed by atoms with Crippen molar-refractivity contribution in [1.29, 1.82) is 0 Å². The SMILES string of the molecule is COc1cc(C#Cc2cncc3cc(/C=C4/SC(=S)NC4=O)oc23)cc(OC)c1. The Morgan fingerprint density at radius 1 is 1.14 bits per heavy atom. The average molecular weight is 422 g/mol. The van der Waals surface area contributed by atoms with Gasteiger partial charge in [0.1, 0.15) is 21.6 Å². The summed E-state index contributed by atoms with van der Waals surface area (Å²) in [6, 6.07) is 7.23. The molecule has 0 saturated carbocycles. The fourth-order valence-electron chi connectivity index (χ4n) is 2.71. The molecule has 2 aromatic heterocycles. The van der Waals surface area contributed by atoms with Crippen LogP contribution in [0.4, 0.5) is 0 Å². The Kier molecular flexibility index (Phi) is 5.25. The Labute approximate surface area is 176 Å². The van der Waals surface area contributed by atoms with E-state index in [1.165, 1.54) is 11.8 Å². The highest BCUT2D eigenvalue weighted by molar-refractivity contribution is 8.26. The first-order valence-electron chi connectivity index (χ1n) is 8.43. The minimum atomic E-state index is -0.231. The van der Waals surface area contributed by atoms with E-state index in [9.17, 15) is 4.79 Å². The van der Waals surface area contributed by atoms with E-state index < -0.39 is 0 Å². The van der Waals surface area contributed by atoms with E-state index >= 15 is 0 Å². The highest BCUT2D eigenvalue weighted by Crippen LogP contribution is 2.29. The van der Waals surface area contributed by atoms with Crippen LogP contribution in [0.15, 0.2) is 46.0 Å². The first-order chi connectivity index (χ1) is 14.1. The number of benzene rings is 1. The van der Waals surface area contributed by atoms with Gasteiger partial charge < -0.3 is 19.2 Å². The number of thiocarbonyl (C=S) groups is 1. The molecule has 1 fully saturated rings. The largest absolute Gasteiger partial charge is 0.497 e. The number of nitrogens with zero attached hydrogens (tertiary/aromatic N) is 1. The minimum Gasteiger partial charge on any atom is -0.497 e. The molecule has 1 aromatic carbocycles. The Balaban J connectivity index is 1.71. The molecule has 6 nitrogen and oxygen atoms in total. The van der Waals surface area contributed by atoms with Crippen molar-refractivity contribution in [3.8, 4) is 23.3 Å². The van der Waals surface area contributed by atoms with Crippen molar-refractivity contribution < 1.29 is 18.7 Å². The standard InChI is InChI=1S/C21H14N2O4S2/c1-25-15-5-12(6-16(8-15)26-2)3-4-13-10-22-11-14-7-17(27-19(13)14)9-18-20(24)23-21(28)29-18/h5-11H,1-2H3,(H,23,24,28)/b18-9+. The maximum Gasteiger partial charge on any atom is 0.263 e. The summed E-state index contributed by atoms with van der Waals surface area (Å²) in [5, 5.41) is 3.37. The highest BCUT2D eigenvalue weighted by atomic mass is 32.2. The van der Waals surface area contributed by atoms with Crippen LogP contribution in [0.3, 0.4) is 0 Å². The number of nitrogens with one attached hydrogen (secondary N) is 1. The van der Waals surface area contributed by atoms with Gasteiger partial charge in [-0.15, -0.1) is 0 Å². The van der Waals surface area contributed by atoms with Crippen molar-refractivity contribution >= 4 is 51.3 Å². The summed E-state index contributed by atoms with van der Waals surface area (Å²) >= 11 is 6.21. The fraction of sp³-hybridized carbons (Fsp3) is 0.0952. The third kappa shape index (κ3) is 4.11. The molecule has 1 amide bonds. The van der Waals surface area contributed by atoms with Crippen LogP contribution < -0.4 is 14.8 Å². The van der Waals surface area contributed by atoms with E-state index in [2.05, 4.69) is 22.1 Å². The summed E-state index contributed by atoms with van der Waals surface area (Å²) in [6.07, 6.45) is 4.98. The molecular weight excluding hydrogens is 408 g/mol. The number of thioether (sulfide) groups is 1. The highest BCUT2D eigenvalue weighted by Gasteiger charge is 2.22. The molecule has 0 spiro atoms. The summed E-state index contributed by atoms with van der Waals surface area (Å²) in [7, 11) is 3.18. The number of pyridine rings is 1. The molecule has 0 aliphatic carbocycles. The number of amides is 1.